The minimum absolute atomic E-state index is 0.0483. The van der Waals surface area contributed by atoms with Crippen LogP contribution in [0.5, 0.6) is 0 Å². The molecule has 0 amide bonds. The fraction of sp³-hybridized carbons (Fsp3) is 0.462. The molecule has 0 saturated carbocycles. The van der Waals surface area contributed by atoms with Crippen molar-refractivity contribution >= 4 is 16.6 Å². The van der Waals surface area contributed by atoms with Gasteiger partial charge in [-0.1, -0.05) is 26.0 Å². The van der Waals surface area contributed by atoms with Gasteiger partial charge in [0.25, 0.3) is 0 Å². The van der Waals surface area contributed by atoms with Crippen molar-refractivity contribution in [2.75, 3.05) is 5.75 Å². The van der Waals surface area contributed by atoms with E-state index in [0.717, 1.165) is 12.0 Å². The maximum Gasteiger partial charge on any atom is 0.149 e. The van der Waals surface area contributed by atoms with Crippen LogP contribution in [0.1, 0.15) is 25.8 Å². The summed E-state index contributed by atoms with van der Waals surface area (Å²) in [5.41, 5.74) is 0.762. The molecule has 94 valence electrons. The Morgan fingerprint density at radius 1 is 1.35 bits per heavy atom. The first-order chi connectivity index (χ1) is 8.02. The molecule has 0 heterocycles. The number of hydrogen-bond acceptors (Lipinski definition) is 2. The van der Waals surface area contributed by atoms with Gasteiger partial charge in [-0.2, -0.15) is 0 Å². The Balaban J connectivity index is 2.50. The first-order valence-electron chi connectivity index (χ1n) is 5.66. The van der Waals surface area contributed by atoms with Crippen LogP contribution in [0.25, 0.3) is 0 Å². The molecule has 0 aliphatic heterocycles. The topological polar surface area (TPSA) is 34.1 Å². The van der Waals surface area contributed by atoms with Gasteiger partial charge in [0, 0.05) is 22.5 Å². The average molecular weight is 256 g/mol. The minimum Gasteiger partial charge on any atom is -0.298 e. The Labute approximate surface area is 104 Å². The number of ketones is 1. The molecule has 1 aromatic rings. The van der Waals surface area contributed by atoms with Crippen LogP contribution in [0.4, 0.5) is 4.39 Å². The van der Waals surface area contributed by atoms with Crippen molar-refractivity contribution in [3.8, 4) is 0 Å². The van der Waals surface area contributed by atoms with Crippen LogP contribution in [0.2, 0.25) is 0 Å². The highest BCUT2D eigenvalue weighted by atomic mass is 32.2. The Kier molecular flexibility index (Phi) is 5.48. The van der Waals surface area contributed by atoms with Crippen molar-refractivity contribution in [3.05, 3.63) is 35.6 Å². The van der Waals surface area contributed by atoms with E-state index in [2.05, 4.69) is 0 Å². The molecule has 2 atom stereocenters. The number of Topliss-reactive ketones (excluding diaryl/α,β-unsaturated/α-hetero) is 1. The molecule has 0 fully saturated rings. The van der Waals surface area contributed by atoms with E-state index in [0.29, 0.717) is 0 Å². The van der Waals surface area contributed by atoms with E-state index in [1.807, 2.05) is 13.8 Å². The van der Waals surface area contributed by atoms with E-state index in [1.54, 1.807) is 12.1 Å². The van der Waals surface area contributed by atoms with Gasteiger partial charge >= 0.3 is 0 Å². The molecule has 4 heteroatoms. The van der Waals surface area contributed by atoms with Gasteiger partial charge in [-0.15, -0.1) is 0 Å². The van der Waals surface area contributed by atoms with E-state index in [4.69, 9.17) is 0 Å². The smallest absolute Gasteiger partial charge is 0.149 e. The molecule has 0 aromatic heterocycles. The molecule has 0 aliphatic rings. The Morgan fingerprint density at radius 2 is 1.94 bits per heavy atom. The highest BCUT2D eigenvalue weighted by Crippen LogP contribution is 2.06. The summed E-state index contributed by atoms with van der Waals surface area (Å²) in [6.07, 6.45) is 1.03. The highest BCUT2D eigenvalue weighted by molar-refractivity contribution is 7.86. The maximum atomic E-state index is 12.7. The van der Waals surface area contributed by atoms with Crippen molar-refractivity contribution in [1.29, 1.82) is 0 Å². The van der Waals surface area contributed by atoms with Crippen LogP contribution < -0.4 is 0 Å². The van der Waals surface area contributed by atoms with Gasteiger partial charge in [0.05, 0.1) is 5.75 Å². The molecule has 0 radical (unpaired) electrons. The van der Waals surface area contributed by atoms with E-state index in [-0.39, 0.29) is 29.0 Å². The number of benzene rings is 1. The largest absolute Gasteiger partial charge is 0.298 e. The molecule has 17 heavy (non-hydrogen) atoms. The van der Waals surface area contributed by atoms with Crippen molar-refractivity contribution in [2.45, 2.75) is 31.9 Å². The molecule has 0 saturated heterocycles. The quantitative estimate of drug-likeness (QED) is 0.783. The third-order valence-corrected chi connectivity index (χ3v) is 4.48. The molecule has 2 nitrogen and oxygen atoms in total. The summed E-state index contributed by atoms with van der Waals surface area (Å²) in [4.78, 5) is 11.6. The lowest BCUT2D eigenvalue weighted by Gasteiger charge is -2.07. The van der Waals surface area contributed by atoms with Gasteiger partial charge < -0.3 is 0 Å². The number of carbonyl (C=O) groups excluding carboxylic acids is 1. The van der Waals surface area contributed by atoms with Gasteiger partial charge in [0.1, 0.15) is 11.6 Å². The van der Waals surface area contributed by atoms with E-state index in [1.165, 1.54) is 12.1 Å². The van der Waals surface area contributed by atoms with Gasteiger partial charge in [0.2, 0.25) is 0 Å². The SMILES string of the molecule is CCC(C)S(=O)CC(=O)Cc1ccc(F)cc1. The van der Waals surface area contributed by atoms with Crippen LogP contribution in [0, 0.1) is 5.82 Å². The summed E-state index contributed by atoms with van der Waals surface area (Å²) in [5.74, 6) is -0.286. The van der Waals surface area contributed by atoms with Gasteiger partial charge in [-0.25, -0.2) is 4.39 Å². The summed E-state index contributed by atoms with van der Waals surface area (Å²) < 4.78 is 24.3. The van der Waals surface area contributed by atoms with E-state index >= 15 is 0 Å². The first kappa shape index (κ1) is 14.0. The second-order valence-electron chi connectivity index (χ2n) is 4.09. The molecule has 0 aliphatic carbocycles. The summed E-state index contributed by atoms with van der Waals surface area (Å²) in [6, 6.07) is 5.82. The van der Waals surface area contributed by atoms with Crippen LogP contribution in [0.3, 0.4) is 0 Å². The maximum absolute atomic E-state index is 12.7. The fourth-order valence-electron chi connectivity index (χ4n) is 1.37. The second-order valence-corrected chi connectivity index (χ2v) is 5.94. The lowest BCUT2D eigenvalue weighted by Crippen LogP contribution is -2.20. The lowest BCUT2D eigenvalue weighted by molar-refractivity contribution is -0.116. The lowest BCUT2D eigenvalue weighted by atomic mass is 10.1. The van der Waals surface area contributed by atoms with Gasteiger partial charge in [-0.3, -0.25) is 9.00 Å². The molecule has 0 bridgehead atoms. The number of halogens is 1. The number of rotatable bonds is 6. The molecule has 1 rings (SSSR count). The van der Waals surface area contributed by atoms with E-state index in [9.17, 15) is 13.4 Å². The van der Waals surface area contributed by atoms with Crippen LogP contribution >= 0.6 is 0 Å². The molecule has 0 N–H and O–H groups in total. The Bertz CT molecular complexity index is 400. The van der Waals surface area contributed by atoms with Crippen LogP contribution in [-0.2, 0) is 22.0 Å². The van der Waals surface area contributed by atoms with Gasteiger partial charge in [0.15, 0.2) is 0 Å². The van der Waals surface area contributed by atoms with Crippen LogP contribution in [-0.4, -0.2) is 21.0 Å². The standard InChI is InChI=1S/C13H17FO2S/c1-3-10(2)17(16)9-13(15)8-11-4-6-12(14)7-5-11/h4-7,10H,3,8-9H2,1-2H3. The third kappa shape index (κ3) is 4.77. The number of hydrogen-bond donors (Lipinski definition) is 0. The minimum atomic E-state index is -1.10. The monoisotopic (exact) mass is 256 g/mol. The molecular weight excluding hydrogens is 239 g/mol. The second kappa shape index (κ2) is 6.64. The summed E-state index contributed by atoms with van der Waals surface area (Å²) in [6.45, 7) is 3.83. The van der Waals surface area contributed by atoms with Crippen LogP contribution in [0.15, 0.2) is 24.3 Å². The highest BCUT2D eigenvalue weighted by Gasteiger charge is 2.13. The molecule has 1 aromatic carbocycles. The first-order valence-corrected chi connectivity index (χ1v) is 7.04. The Morgan fingerprint density at radius 3 is 2.47 bits per heavy atom. The molecule has 2 unspecified atom stereocenters. The average Bonchev–Trinajstić information content (AvgIpc) is 2.30. The Hall–Kier alpha value is -1.03. The summed E-state index contributed by atoms with van der Waals surface area (Å²) in [5, 5.41) is 0.0483. The van der Waals surface area contributed by atoms with Crippen molar-refractivity contribution in [2.24, 2.45) is 0 Å². The summed E-state index contributed by atoms with van der Waals surface area (Å²) in [7, 11) is -1.10. The number of carbonyl (C=O) groups is 1. The summed E-state index contributed by atoms with van der Waals surface area (Å²) >= 11 is 0. The zero-order chi connectivity index (χ0) is 12.8. The van der Waals surface area contributed by atoms with Crippen molar-refractivity contribution in [3.63, 3.8) is 0 Å². The fourth-order valence-corrected chi connectivity index (χ4v) is 2.44. The third-order valence-electron chi connectivity index (χ3n) is 2.64. The normalized spacial score (nSPS) is 14.3. The van der Waals surface area contributed by atoms with Crippen molar-refractivity contribution < 1.29 is 13.4 Å². The van der Waals surface area contributed by atoms with Crippen molar-refractivity contribution in [1.82, 2.24) is 0 Å². The zero-order valence-electron chi connectivity index (χ0n) is 10.1. The van der Waals surface area contributed by atoms with Gasteiger partial charge in [-0.05, 0) is 24.1 Å². The molecule has 0 spiro atoms. The van der Waals surface area contributed by atoms with E-state index < -0.39 is 10.8 Å². The molecular formula is C13H17FO2S. The predicted octanol–water partition coefficient (Wildman–Crippen LogP) is 2.48. The zero-order valence-corrected chi connectivity index (χ0v) is 10.9. The predicted molar refractivity (Wildman–Crippen MR) is 67.9 cm³/mol.